The van der Waals surface area contributed by atoms with E-state index in [9.17, 15) is 18.0 Å². The van der Waals surface area contributed by atoms with Crippen LogP contribution in [-0.2, 0) is 6.54 Å². The van der Waals surface area contributed by atoms with Crippen molar-refractivity contribution in [2.75, 3.05) is 5.32 Å². The minimum absolute atomic E-state index is 0.0614. The molecule has 3 rings (SSSR count). The van der Waals surface area contributed by atoms with Gasteiger partial charge in [0.25, 0.3) is 0 Å². The van der Waals surface area contributed by atoms with Crippen molar-refractivity contribution in [3.05, 3.63) is 23.8 Å². The highest BCUT2D eigenvalue weighted by molar-refractivity contribution is 5.83. The molecule has 0 spiro atoms. The molecule has 1 saturated carbocycles. The SMILES string of the molecule is O=Cc1ccc(NC2CCCCC2)c(-c2nnn(CC(F)(F)F)n2)c1. The smallest absolute Gasteiger partial charge is 0.382 e. The summed E-state index contributed by atoms with van der Waals surface area (Å²) < 4.78 is 37.4. The van der Waals surface area contributed by atoms with E-state index in [1.165, 1.54) is 6.42 Å². The number of carbonyl (C=O) groups excluding carboxylic acids is 1. The number of anilines is 1. The van der Waals surface area contributed by atoms with E-state index < -0.39 is 12.7 Å². The van der Waals surface area contributed by atoms with Crippen molar-refractivity contribution in [1.29, 1.82) is 0 Å². The van der Waals surface area contributed by atoms with Crippen LogP contribution < -0.4 is 5.32 Å². The van der Waals surface area contributed by atoms with Gasteiger partial charge in [-0.3, -0.25) is 4.79 Å². The second kappa shape index (κ2) is 7.20. The first kappa shape index (κ1) is 17.4. The summed E-state index contributed by atoms with van der Waals surface area (Å²) in [5.41, 5.74) is 1.57. The van der Waals surface area contributed by atoms with Crippen LogP contribution in [0.3, 0.4) is 0 Å². The number of rotatable bonds is 5. The maximum Gasteiger partial charge on any atom is 0.409 e. The summed E-state index contributed by atoms with van der Waals surface area (Å²) >= 11 is 0. The number of hydrogen-bond donors (Lipinski definition) is 1. The number of halogens is 3. The van der Waals surface area contributed by atoms with Crippen LogP contribution in [-0.4, -0.2) is 38.7 Å². The first-order chi connectivity index (χ1) is 11.9. The van der Waals surface area contributed by atoms with Crippen molar-refractivity contribution in [3.63, 3.8) is 0 Å². The van der Waals surface area contributed by atoms with Gasteiger partial charge in [0.1, 0.15) is 6.29 Å². The Kier molecular flexibility index (Phi) is 5.00. The molecule has 9 heteroatoms. The van der Waals surface area contributed by atoms with E-state index in [2.05, 4.69) is 20.7 Å². The molecule has 1 N–H and O–H groups in total. The molecule has 134 valence electrons. The van der Waals surface area contributed by atoms with Crippen LogP contribution >= 0.6 is 0 Å². The van der Waals surface area contributed by atoms with Crippen LogP contribution in [0, 0.1) is 0 Å². The van der Waals surface area contributed by atoms with Gasteiger partial charge in [0.15, 0.2) is 6.54 Å². The zero-order valence-corrected chi connectivity index (χ0v) is 13.5. The number of alkyl halides is 3. The summed E-state index contributed by atoms with van der Waals surface area (Å²) in [6, 6.07) is 5.24. The average molecular weight is 353 g/mol. The standard InChI is InChI=1S/C16H18F3N5O/c17-16(18,19)10-24-22-15(21-23-24)13-8-11(9-25)6-7-14(13)20-12-4-2-1-3-5-12/h6-9,12,20H,1-5,10H2. The van der Waals surface area contributed by atoms with Gasteiger partial charge in [-0.25, -0.2) is 0 Å². The summed E-state index contributed by atoms with van der Waals surface area (Å²) in [6.07, 6.45) is 1.80. The van der Waals surface area contributed by atoms with Gasteiger partial charge in [-0.2, -0.15) is 18.0 Å². The molecular weight excluding hydrogens is 335 g/mol. The Balaban J connectivity index is 1.88. The molecule has 0 aliphatic heterocycles. The number of aldehydes is 1. The molecule has 1 aromatic carbocycles. The van der Waals surface area contributed by atoms with E-state index in [4.69, 9.17) is 0 Å². The maximum absolute atomic E-state index is 12.5. The molecule has 1 heterocycles. The summed E-state index contributed by atoms with van der Waals surface area (Å²) in [5.74, 6) is 0.0614. The number of carbonyl (C=O) groups is 1. The van der Waals surface area contributed by atoms with Gasteiger partial charge in [-0.15, -0.1) is 10.2 Å². The van der Waals surface area contributed by atoms with Crippen molar-refractivity contribution in [2.45, 2.75) is 50.9 Å². The van der Waals surface area contributed by atoms with E-state index in [0.29, 0.717) is 33.9 Å². The lowest BCUT2D eigenvalue weighted by atomic mass is 9.95. The van der Waals surface area contributed by atoms with Gasteiger partial charge in [0.2, 0.25) is 5.82 Å². The molecule has 1 fully saturated rings. The fraction of sp³-hybridized carbons (Fsp3) is 0.500. The fourth-order valence-electron chi connectivity index (χ4n) is 2.99. The largest absolute Gasteiger partial charge is 0.409 e. The number of benzene rings is 1. The average Bonchev–Trinajstić information content (AvgIpc) is 3.02. The summed E-state index contributed by atoms with van der Waals surface area (Å²) in [4.78, 5) is 11.6. The van der Waals surface area contributed by atoms with Gasteiger partial charge in [-0.1, -0.05) is 19.3 Å². The highest BCUT2D eigenvalue weighted by Crippen LogP contribution is 2.29. The minimum atomic E-state index is -4.42. The quantitative estimate of drug-likeness (QED) is 0.834. The third-order valence-corrected chi connectivity index (χ3v) is 4.16. The molecule has 0 amide bonds. The number of nitrogens with zero attached hydrogens (tertiary/aromatic N) is 4. The molecule has 1 aliphatic rings. The molecule has 2 aromatic rings. The van der Waals surface area contributed by atoms with Crippen molar-refractivity contribution in [1.82, 2.24) is 20.2 Å². The number of tetrazole rings is 1. The molecule has 1 aliphatic carbocycles. The Morgan fingerprint density at radius 1 is 1.24 bits per heavy atom. The topological polar surface area (TPSA) is 72.7 Å². The highest BCUT2D eigenvalue weighted by atomic mass is 19.4. The highest BCUT2D eigenvalue weighted by Gasteiger charge is 2.30. The molecule has 1 aromatic heterocycles. The monoisotopic (exact) mass is 353 g/mol. The second-order valence-electron chi connectivity index (χ2n) is 6.16. The van der Waals surface area contributed by atoms with Gasteiger partial charge >= 0.3 is 6.18 Å². The van der Waals surface area contributed by atoms with E-state index in [0.717, 1.165) is 25.7 Å². The predicted molar refractivity (Wildman–Crippen MR) is 85.2 cm³/mol. The van der Waals surface area contributed by atoms with Crippen molar-refractivity contribution >= 4 is 12.0 Å². The predicted octanol–water partition coefficient (Wildman–Crippen LogP) is 3.46. The van der Waals surface area contributed by atoms with Crippen LogP contribution in [0.1, 0.15) is 42.5 Å². The van der Waals surface area contributed by atoms with Gasteiger partial charge in [0.05, 0.1) is 0 Å². The number of aromatic nitrogens is 4. The van der Waals surface area contributed by atoms with E-state index in [1.807, 2.05) is 0 Å². The first-order valence-electron chi connectivity index (χ1n) is 8.15. The minimum Gasteiger partial charge on any atom is -0.382 e. The van der Waals surface area contributed by atoms with Crippen molar-refractivity contribution in [2.24, 2.45) is 0 Å². The van der Waals surface area contributed by atoms with Gasteiger partial charge in [-0.05, 0) is 36.3 Å². The van der Waals surface area contributed by atoms with Crippen LogP contribution in [0.5, 0.6) is 0 Å². The lowest BCUT2D eigenvalue weighted by molar-refractivity contribution is -0.145. The molecule has 0 radical (unpaired) electrons. The van der Waals surface area contributed by atoms with Crippen molar-refractivity contribution in [3.8, 4) is 11.4 Å². The van der Waals surface area contributed by atoms with Crippen LogP contribution in [0.4, 0.5) is 18.9 Å². The lowest BCUT2D eigenvalue weighted by Crippen LogP contribution is -2.22. The summed E-state index contributed by atoms with van der Waals surface area (Å²) in [6.45, 7) is -1.31. The molecule has 0 saturated heterocycles. The van der Waals surface area contributed by atoms with Crippen LogP contribution in [0.25, 0.3) is 11.4 Å². The van der Waals surface area contributed by atoms with E-state index in [1.54, 1.807) is 18.2 Å². The molecule has 0 atom stereocenters. The molecule has 25 heavy (non-hydrogen) atoms. The first-order valence-corrected chi connectivity index (χ1v) is 8.15. The fourth-order valence-corrected chi connectivity index (χ4v) is 2.99. The molecule has 0 unspecified atom stereocenters. The zero-order valence-electron chi connectivity index (χ0n) is 13.5. The van der Waals surface area contributed by atoms with E-state index in [-0.39, 0.29) is 5.82 Å². The van der Waals surface area contributed by atoms with Gasteiger partial charge in [0, 0.05) is 22.9 Å². The third-order valence-electron chi connectivity index (χ3n) is 4.16. The van der Waals surface area contributed by atoms with Crippen LogP contribution in [0.2, 0.25) is 0 Å². The molecular formula is C16H18F3N5O. The Labute approximate surface area is 142 Å². The second-order valence-corrected chi connectivity index (χ2v) is 6.16. The van der Waals surface area contributed by atoms with Gasteiger partial charge < -0.3 is 5.32 Å². The lowest BCUT2D eigenvalue weighted by Gasteiger charge is -2.24. The molecule has 6 nitrogen and oxygen atoms in total. The van der Waals surface area contributed by atoms with E-state index >= 15 is 0 Å². The third kappa shape index (κ3) is 4.55. The Morgan fingerprint density at radius 3 is 2.68 bits per heavy atom. The Morgan fingerprint density at radius 2 is 2.00 bits per heavy atom. The Hall–Kier alpha value is -2.45. The Bertz CT molecular complexity index is 738. The summed E-state index contributed by atoms with van der Waals surface area (Å²) in [7, 11) is 0. The summed E-state index contributed by atoms with van der Waals surface area (Å²) in [5, 5.41) is 14.4. The number of nitrogens with one attached hydrogen (secondary N) is 1. The number of hydrogen-bond acceptors (Lipinski definition) is 5. The maximum atomic E-state index is 12.5. The van der Waals surface area contributed by atoms with Crippen LogP contribution in [0.15, 0.2) is 18.2 Å². The van der Waals surface area contributed by atoms with Crippen molar-refractivity contribution < 1.29 is 18.0 Å². The zero-order chi connectivity index (χ0) is 17.9. The normalized spacial score (nSPS) is 16.0. The molecule has 0 bridgehead atoms.